The van der Waals surface area contributed by atoms with E-state index < -0.39 is 5.82 Å². The molecule has 0 amide bonds. The molecular weight excluding hydrogens is 219 g/mol. The van der Waals surface area contributed by atoms with E-state index in [2.05, 4.69) is 5.32 Å². The van der Waals surface area contributed by atoms with Crippen molar-refractivity contribution in [1.29, 1.82) is 5.26 Å². The zero-order chi connectivity index (χ0) is 12.7. The molecule has 0 spiro atoms. The number of nitrogens with one attached hydrogen (secondary N) is 1. The summed E-state index contributed by atoms with van der Waals surface area (Å²) in [6.07, 6.45) is 1.78. The molecule has 0 fully saturated rings. The smallest absolute Gasteiger partial charge is 0.147 e. The maximum absolute atomic E-state index is 13.4. The van der Waals surface area contributed by atoms with Crippen LogP contribution in [0.4, 0.5) is 10.1 Å². The molecule has 0 saturated heterocycles. The van der Waals surface area contributed by atoms with Gasteiger partial charge in [0, 0.05) is 13.2 Å². The quantitative estimate of drug-likeness (QED) is 0.746. The van der Waals surface area contributed by atoms with Crippen molar-refractivity contribution < 1.29 is 9.50 Å². The molecule has 1 unspecified atom stereocenters. The van der Waals surface area contributed by atoms with Gasteiger partial charge in [-0.2, -0.15) is 5.26 Å². The predicted octanol–water partition coefficient (Wildman–Crippen LogP) is 2.52. The van der Waals surface area contributed by atoms with Gasteiger partial charge in [0.25, 0.3) is 0 Å². The average molecular weight is 236 g/mol. The molecule has 0 saturated carbocycles. The van der Waals surface area contributed by atoms with Gasteiger partial charge >= 0.3 is 0 Å². The minimum Gasteiger partial charge on any atom is -0.396 e. The van der Waals surface area contributed by atoms with Crippen LogP contribution in [0.15, 0.2) is 18.2 Å². The molecule has 0 bridgehead atoms. The Balaban J connectivity index is 2.40. The highest BCUT2D eigenvalue weighted by atomic mass is 19.1. The monoisotopic (exact) mass is 236 g/mol. The summed E-state index contributed by atoms with van der Waals surface area (Å²) < 4.78 is 13.4. The molecule has 1 rings (SSSR count). The fourth-order valence-corrected chi connectivity index (χ4v) is 1.49. The van der Waals surface area contributed by atoms with E-state index in [-0.39, 0.29) is 12.5 Å². The fraction of sp³-hybridized carbons (Fsp3) is 0.462. The lowest BCUT2D eigenvalue weighted by Gasteiger charge is -2.10. The molecule has 0 radical (unpaired) electrons. The van der Waals surface area contributed by atoms with Crippen molar-refractivity contribution in [2.75, 3.05) is 18.5 Å². The first-order valence-corrected chi connectivity index (χ1v) is 5.71. The highest BCUT2D eigenvalue weighted by molar-refractivity contribution is 5.48. The molecule has 0 aromatic heterocycles. The van der Waals surface area contributed by atoms with Crippen LogP contribution in [0.5, 0.6) is 0 Å². The van der Waals surface area contributed by atoms with Gasteiger partial charge in [-0.05, 0) is 37.0 Å². The molecule has 0 heterocycles. The van der Waals surface area contributed by atoms with Crippen molar-refractivity contribution >= 4 is 5.69 Å². The SMILES string of the molecule is CC(CO)CCCNc1ccc(C#N)cc1F. The van der Waals surface area contributed by atoms with Crippen molar-refractivity contribution in [3.05, 3.63) is 29.6 Å². The third-order valence-electron chi connectivity index (χ3n) is 2.60. The standard InChI is InChI=1S/C13H17FN2O/c1-10(9-17)3-2-6-16-13-5-4-11(8-15)7-12(13)14/h4-5,7,10,16-17H,2-3,6,9H2,1H3. The van der Waals surface area contributed by atoms with Gasteiger partial charge in [-0.3, -0.25) is 0 Å². The number of halogens is 1. The van der Waals surface area contributed by atoms with Crippen LogP contribution in [0, 0.1) is 23.1 Å². The Hall–Kier alpha value is -1.60. The van der Waals surface area contributed by atoms with Crippen molar-refractivity contribution in [3.63, 3.8) is 0 Å². The van der Waals surface area contributed by atoms with Crippen LogP contribution in [0.25, 0.3) is 0 Å². The van der Waals surface area contributed by atoms with Gasteiger partial charge in [0.15, 0.2) is 0 Å². The molecule has 1 atom stereocenters. The lowest BCUT2D eigenvalue weighted by atomic mass is 10.1. The number of aliphatic hydroxyl groups excluding tert-OH is 1. The predicted molar refractivity (Wildman–Crippen MR) is 65.1 cm³/mol. The molecule has 1 aromatic rings. The first-order valence-electron chi connectivity index (χ1n) is 5.71. The highest BCUT2D eigenvalue weighted by Crippen LogP contribution is 2.15. The van der Waals surface area contributed by atoms with Crippen molar-refractivity contribution in [2.24, 2.45) is 5.92 Å². The van der Waals surface area contributed by atoms with Gasteiger partial charge in [-0.15, -0.1) is 0 Å². The van der Waals surface area contributed by atoms with Crippen molar-refractivity contribution in [3.8, 4) is 6.07 Å². The van der Waals surface area contributed by atoms with Crippen LogP contribution < -0.4 is 5.32 Å². The third-order valence-corrected chi connectivity index (χ3v) is 2.60. The van der Waals surface area contributed by atoms with Crippen LogP contribution in [-0.2, 0) is 0 Å². The number of rotatable bonds is 6. The molecular formula is C13H17FN2O. The van der Waals surface area contributed by atoms with Gasteiger partial charge in [0.1, 0.15) is 5.82 Å². The van der Waals surface area contributed by atoms with Crippen LogP contribution in [-0.4, -0.2) is 18.3 Å². The molecule has 2 N–H and O–H groups in total. The van der Waals surface area contributed by atoms with E-state index in [9.17, 15) is 4.39 Å². The summed E-state index contributed by atoms with van der Waals surface area (Å²) in [5, 5.41) is 20.4. The zero-order valence-corrected chi connectivity index (χ0v) is 9.91. The number of aliphatic hydroxyl groups is 1. The molecule has 17 heavy (non-hydrogen) atoms. The van der Waals surface area contributed by atoms with Crippen molar-refractivity contribution in [1.82, 2.24) is 0 Å². The van der Waals surface area contributed by atoms with Crippen molar-refractivity contribution in [2.45, 2.75) is 19.8 Å². The van der Waals surface area contributed by atoms with E-state index in [4.69, 9.17) is 10.4 Å². The Bertz CT molecular complexity index is 401. The van der Waals surface area contributed by atoms with E-state index in [1.807, 2.05) is 13.0 Å². The summed E-state index contributed by atoms with van der Waals surface area (Å²) in [5.41, 5.74) is 0.739. The molecule has 1 aromatic carbocycles. The third kappa shape index (κ3) is 4.41. The Morgan fingerprint density at radius 1 is 1.53 bits per heavy atom. The van der Waals surface area contributed by atoms with Crippen LogP contribution in [0.1, 0.15) is 25.3 Å². The fourth-order valence-electron chi connectivity index (χ4n) is 1.49. The van der Waals surface area contributed by atoms with Gasteiger partial charge in [-0.25, -0.2) is 4.39 Å². The van der Waals surface area contributed by atoms with Crippen LogP contribution >= 0.6 is 0 Å². The summed E-state index contributed by atoms with van der Waals surface area (Å²) in [5.74, 6) is -0.123. The number of anilines is 1. The zero-order valence-electron chi connectivity index (χ0n) is 9.91. The Morgan fingerprint density at radius 2 is 2.29 bits per heavy atom. The number of hydrogen-bond acceptors (Lipinski definition) is 3. The Morgan fingerprint density at radius 3 is 2.88 bits per heavy atom. The lowest BCUT2D eigenvalue weighted by molar-refractivity contribution is 0.229. The molecule has 92 valence electrons. The maximum atomic E-state index is 13.4. The van der Waals surface area contributed by atoms with E-state index in [1.165, 1.54) is 6.07 Å². The highest BCUT2D eigenvalue weighted by Gasteiger charge is 2.03. The maximum Gasteiger partial charge on any atom is 0.147 e. The molecule has 3 nitrogen and oxygen atoms in total. The Kier molecular flexibility index (Phi) is 5.44. The van der Waals surface area contributed by atoms with Crippen LogP contribution in [0.2, 0.25) is 0 Å². The molecule has 4 heteroatoms. The van der Waals surface area contributed by atoms with Gasteiger partial charge < -0.3 is 10.4 Å². The number of nitriles is 1. The van der Waals surface area contributed by atoms with E-state index in [0.29, 0.717) is 17.8 Å². The number of hydrogen-bond donors (Lipinski definition) is 2. The second-order valence-electron chi connectivity index (χ2n) is 4.16. The average Bonchev–Trinajstić information content (AvgIpc) is 2.35. The minimum atomic E-state index is -0.403. The van der Waals surface area contributed by atoms with Crippen LogP contribution in [0.3, 0.4) is 0 Å². The Labute approximate surface area is 101 Å². The molecule has 0 aliphatic carbocycles. The van der Waals surface area contributed by atoms with E-state index in [0.717, 1.165) is 12.8 Å². The number of benzene rings is 1. The number of nitrogens with zero attached hydrogens (tertiary/aromatic N) is 1. The first kappa shape index (κ1) is 13.5. The summed E-state index contributed by atoms with van der Waals surface area (Å²) in [6, 6.07) is 6.27. The summed E-state index contributed by atoms with van der Waals surface area (Å²) >= 11 is 0. The van der Waals surface area contributed by atoms with Gasteiger partial charge in [0.05, 0.1) is 17.3 Å². The van der Waals surface area contributed by atoms with Gasteiger partial charge in [0.2, 0.25) is 0 Å². The second kappa shape index (κ2) is 6.87. The largest absolute Gasteiger partial charge is 0.396 e. The van der Waals surface area contributed by atoms with E-state index >= 15 is 0 Å². The molecule has 0 aliphatic heterocycles. The minimum absolute atomic E-state index is 0.186. The second-order valence-corrected chi connectivity index (χ2v) is 4.16. The normalized spacial score (nSPS) is 11.9. The van der Waals surface area contributed by atoms with E-state index in [1.54, 1.807) is 12.1 Å². The lowest BCUT2D eigenvalue weighted by Crippen LogP contribution is -2.07. The topological polar surface area (TPSA) is 56.0 Å². The van der Waals surface area contributed by atoms with Gasteiger partial charge in [-0.1, -0.05) is 6.92 Å². The summed E-state index contributed by atoms with van der Waals surface area (Å²) in [7, 11) is 0. The summed E-state index contributed by atoms with van der Waals surface area (Å²) in [6.45, 7) is 2.82. The summed E-state index contributed by atoms with van der Waals surface area (Å²) in [4.78, 5) is 0. The molecule has 0 aliphatic rings. The first-order chi connectivity index (χ1) is 8.17.